The first kappa shape index (κ1) is 16.1. The van der Waals surface area contributed by atoms with Crippen LogP contribution in [-0.4, -0.2) is 17.0 Å². The molecule has 3 aromatic rings. The molecule has 0 atom stereocenters. The van der Waals surface area contributed by atoms with Crippen molar-refractivity contribution < 1.29 is 14.1 Å². The smallest absolute Gasteiger partial charge is 0.349 e. The third-order valence-electron chi connectivity index (χ3n) is 3.39. The van der Waals surface area contributed by atoms with Gasteiger partial charge in [-0.2, -0.15) is 5.10 Å². The molecule has 0 saturated carbocycles. The van der Waals surface area contributed by atoms with Crippen LogP contribution in [0.2, 0.25) is 0 Å². The van der Waals surface area contributed by atoms with Crippen molar-refractivity contribution in [2.75, 3.05) is 0 Å². The van der Waals surface area contributed by atoms with E-state index in [1.807, 2.05) is 0 Å². The topological polar surface area (TPSA) is 115 Å². The van der Waals surface area contributed by atoms with Gasteiger partial charge in [-0.25, -0.2) is 10.2 Å². The molecule has 3 rings (SSSR count). The van der Waals surface area contributed by atoms with Gasteiger partial charge >= 0.3 is 5.63 Å². The zero-order chi connectivity index (χ0) is 17.8. The van der Waals surface area contributed by atoms with Gasteiger partial charge in [0.05, 0.1) is 16.7 Å². The average molecular weight is 337 g/mol. The Bertz CT molecular complexity index is 1060. The number of amides is 1. The van der Waals surface area contributed by atoms with Crippen molar-refractivity contribution in [3.8, 4) is 0 Å². The molecule has 0 fully saturated rings. The Morgan fingerprint density at radius 2 is 1.88 bits per heavy atom. The lowest BCUT2D eigenvalue weighted by atomic mass is 10.2. The van der Waals surface area contributed by atoms with Gasteiger partial charge in [-0.3, -0.25) is 14.9 Å². The van der Waals surface area contributed by atoms with Crippen LogP contribution in [0, 0.1) is 10.1 Å². The Hall–Kier alpha value is -3.81. The molecule has 0 aliphatic heterocycles. The molecule has 1 amide bonds. The van der Waals surface area contributed by atoms with E-state index in [1.54, 1.807) is 30.3 Å². The Morgan fingerprint density at radius 3 is 2.68 bits per heavy atom. The van der Waals surface area contributed by atoms with E-state index in [2.05, 4.69) is 10.5 Å². The Morgan fingerprint density at radius 1 is 1.16 bits per heavy atom. The third-order valence-corrected chi connectivity index (χ3v) is 3.39. The summed E-state index contributed by atoms with van der Waals surface area (Å²) >= 11 is 0. The molecule has 0 aliphatic carbocycles. The molecule has 2 aromatic carbocycles. The van der Waals surface area contributed by atoms with E-state index in [0.29, 0.717) is 11.0 Å². The van der Waals surface area contributed by atoms with Crippen molar-refractivity contribution in [1.29, 1.82) is 0 Å². The molecule has 0 bridgehead atoms. The molecular formula is C17H11N3O5. The summed E-state index contributed by atoms with van der Waals surface area (Å²) in [6.07, 6.45) is 1.14. The normalized spacial score (nSPS) is 10.9. The summed E-state index contributed by atoms with van der Waals surface area (Å²) in [6.45, 7) is 0. The van der Waals surface area contributed by atoms with Crippen LogP contribution in [0.25, 0.3) is 11.0 Å². The molecule has 1 aromatic heterocycles. The lowest BCUT2D eigenvalue weighted by Crippen LogP contribution is -2.24. The van der Waals surface area contributed by atoms with Crippen LogP contribution in [0.5, 0.6) is 0 Å². The van der Waals surface area contributed by atoms with Gasteiger partial charge in [-0.05, 0) is 18.2 Å². The van der Waals surface area contributed by atoms with E-state index < -0.39 is 16.5 Å². The molecule has 0 aliphatic rings. The molecular weight excluding hydrogens is 326 g/mol. The van der Waals surface area contributed by atoms with Crippen LogP contribution in [0.15, 0.2) is 68.9 Å². The number of hydrogen-bond acceptors (Lipinski definition) is 6. The first-order valence-corrected chi connectivity index (χ1v) is 7.16. The fourth-order valence-electron chi connectivity index (χ4n) is 2.20. The highest BCUT2D eigenvalue weighted by molar-refractivity contribution is 5.97. The minimum absolute atomic E-state index is 0.147. The number of nitro groups is 1. The van der Waals surface area contributed by atoms with Crippen molar-refractivity contribution in [3.63, 3.8) is 0 Å². The lowest BCUT2D eigenvalue weighted by molar-refractivity contribution is -0.385. The first-order chi connectivity index (χ1) is 12.1. The number of hydrogen-bond donors (Lipinski definition) is 1. The standard InChI is InChI=1S/C17H11N3O5/c21-16(13-9-11-5-2-4-8-15(11)25-17(13)22)19-18-10-12-6-1-3-7-14(12)20(23)24/h1-10H,(H,19,21)/b18-10+. The monoisotopic (exact) mass is 337 g/mol. The molecule has 8 heteroatoms. The number of carbonyl (C=O) groups is 1. The number of benzene rings is 2. The number of nitrogens with zero attached hydrogens (tertiary/aromatic N) is 2. The number of nitrogens with one attached hydrogen (secondary N) is 1. The van der Waals surface area contributed by atoms with Gasteiger partial charge in [-0.1, -0.05) is 30.3 Å². The van der Waals surface area contributed by atoms with E-state index in [1.165, 1.54) is 24.3 Å². The zero-order valence-corrected chi connectivity index (χ0v) is 12.7. The summed E-state index contributed by atoms with van der Waals surface area (Å²) in [5, 5.41) is 15.2. The highest BCUT2D eigenvalue weighted by Gasteiger charge is 2.14. The van der Waals surface area contributed by atoms with Gasteiger partial charge in [0.15, 0.2) is 0 Å². The summed E-state index contributed by atoms with van der Waals surface area (Å²) in [5.74, 6) is -0.769. The number of para-hydroxylation sites is 2. The second-order valence-electron chi connectivity index (χ2n) is 5.00. The lowest BCUT2D eigenvalue weighted by Gasteiger charge is -2.01. The third kappa shape index (κ3) is 3.42. The minimum Gasteiger partial charge on any atom is -0.422 e. The van der Waals surface area contributed by atoms with E-state index >= 15 is 0 Å². The number of rotatable bonds is 4. The van der Waals surface area contributed by atoms with Crippen LogP contribution < -0.4 is 11.1 Å². The maximum atomic E-state index is 12.1. The molecule has 0 saturated heterocycles. The number of nitro benzene ring substituents is 1. The predicted octanol–water partition coefficient (Wildman–Crippen LogP) is 2.47. The van der Waals surface area contributed by atoms with Gasteiger partial charge in [-0.15, -0.1) is 0 Å². The number of carbonyl (C=O) groups excluding carboxylic acids is 1. The minimum atomic E-state index is -0.794. The Labute approximate surface area is 140 Å². The second kappa shape index (κ2) is 6.75. The SMILES string of the molecule is O=C(N/N=C/c1ccccc1[N+](=O)[O-])c1cc2ccccc2oc1=O. The van der Waals surface area contributed by atoms with E-state index in [9.17, 15) is 19.7 Å². The zero-order valence-electron chi connectivity index (χ0n) is 12.7. The molecule has 0 unspecified atom stereocenters. The van der Waals surface area contributed by atoms with E-state index in [0.717, 1.165) is 6.21 Å². The van der Waals surface area contributed by atoms with Crippen LogP contribution in [-0.2, 0) is 0 Å². The summed E-state index contributed by atoms with van der Waals surface area (Å²) < 4.78 is 5.07. The fourth-order valence-corrected chi connectivity index (χ4v) is 2.20. The van der Waals surface area contributed by atoms with Gasteiger partial charge in [0.2, 0.25) is 0 Å². The first-order valence-electron chi connectivity index (χ1n) is 7.16. The van der Waals surface area contributed by atoms with Crippen LogP contribution in [0.4, 0.5) is 5.69 Å². The van der Waals surface area contributed by atoms with Gasteiger partial charge in [0.1, 0.15) is 11.1 Å². The second-order valence-corrected chi connectivity index (χ2v) is 5.00. The van der Waals surface area contributed by atoms with E-state index in [4.69, 9.17) is 4.42 Å². The van der Waals surface area contributed by atoms with Crippen LogP contribution in [0.1, 0.15) is 15.9 Å². The van der Waals surface area contributed by atoms with Crippen molar-refractivity contribution in [2.45, 2.75) is 0 Å². The Kier molecular flexibility index (Phi) is 4.34. The number of fused-ring (bicyclic) bond motifs is 1. The van der Waals surface area contributed by atoms with Gasteiger partial charge in [0, 0.05) is 11.5 Å². The maximum Gasteiger partial charge on any atom is 0.349 e. The molecule has 0 spiro atoms. The van der Waals surface area contributed by atoms with Gasteiger partial charge < -0.3 is 4.42 Å². The largest absolute Gasteiger partial charge is 0.422 e. The van der Waals surface area contributed by atoms with Crippen molar-refractivity contribution in [3.05, 3.63) is 86.3 Å². The predicted molar refractivity (Wildman–Crippen MR) is 90.6 cm³/mol. The number of hydrazone groups is 1. The molecule has 1 heterocycles. The highest BCUT2D eigenvalue weighted by Crippen LogP contribution is 2.15. The van der Waals surface area contributed by atoms with Crippen LogP contribution >= 0.6 is 0 Å². The van der Waals surface area contributed by atoms with E-state index in [-0.39, 0.29) is 16.8 Å². The average Bonchev–Trinajstić information content (AvgIpc) is 2.61. The Balaban J connectivity index is 1.83. The molecule has 1 N–H and O–H groups in total. The fraction of sp³-hybridized carbons (Fsp3) is 0. The maximum absolute atomic E-state index is 12.1. The molecule has 8 nitrogen and oxygen atoms in total. The van der Waals surface area contributed by atoms with Crippen molar-refractivity contribution in [2.24, 2.45) is 5.10 Å². The molecule has 25 heavy (non-hydrogen) atoms. The summed E-state index contributed by atoms with van der Waals surface area (Å²) in [5.41, 5.74) is 1.60. The summed E-state index contributed by atoms with van der Waals surface area (Å²) in [4.78, 5) is 34.3. The molecule has 0 radical (unpaired) electrons. The molecule has 124 valence electrons. The highest BCUT2D eigenvalue weighted by atomic mass is 16.6. The summed E-state index contributed by atoms with van der Waals surface area (Å²) in [7, 11) is 0. The van der Waals surface area contributed by atoms with Gasteiger partial charge in [0.25, 0.3) is 11.6 Å². The quantitative estimate of drug-likeness (QED) is 0.340. The van der Waals surface area contributed by atoms with Crippen LogP contribution in [0.3, 0.4) is 0 Å². The van der Waals surface area contributed by atoms with Crippen molar-refractivity contribution in [1.82, 2.24) is 5.43 Å². The van der Waals surface area contributed by atoms with Crippen molar-refractivity contribution >= 4 is 28.8 Å². The summed E-state index contributed by atoms with van der Waals surface area (Å²) in [6, 6.07) is 14.1.